The van der Waals surface area contributed by atoms with Crippen molar-refractivity contribution in [3.05, 3.63) is 72.9 Å². The van der Waals surface area contributed by atoms with Crippen molar-refractivity contribution in [3.63, 3.8) is 0 Å². The smallest absolute Gasteiger partial charge is 0.139 e. The van der Waals surface area contributed by atoms with Crippen molar-refractivity contribution in [2.45, 2.75) is 6.92 Å². The second kappa shape index (κ2) is 6.69. The lowest BCUT2D eigenvalue weighted by molar-refractivity contribution is 0.340. The molecule has 0 amide bonds. The lowest BCUT2D eigenvalue weighted by Gasteiger charge is -2.06. The van der Waals surface area contributed by atoms with Crippen molar-refractivity contribution in [3.8, 4) is 17.0 Å². The molecular formula is C21H19N3O. The predicted molar refractivity (Wildman–Crippen MR) is 102 cm³/mol. The highest BCUT2D eigenvalue weighted by Gasteiger charge is 2.08. The van der Waals surface area contributed by atoms with E-state index in [1.165, 1.54) is 0 Å². The summed E-state index contributed by atoms with van der Waals surface area (Å²) in [6.07, 6.45) is 1.81. The van der Waals surface area contributed by atoms with Gasteiger partial charge in [0.05, 0.1) is 12.3 Å². The molecule has 0 bridgehead atoms. The highest BCUT2D eigenvalue weighted by Crippen LogP contribution is 2.30. The molecule has 0 saturated heterocycles. The number of benzene rings is 2. The molecule has 4 rings (SSSR count). The molecular weight excluding hydrogens is 310 g/mol. The summed E-state index contributed by atoms with van der Waals surface area (Å²) in [5, 5.41) is 4.52. The van der Waals surface area contributed by atoms with Crippen molar-refractivity contribution < 1.29 is 4.74 Å². The van der Waals surface area contributed by atoms with Gasteiger partial charge < -0.3 is 15.0 Å². The minimum absolute atomic E-state index is 0.671. The van der Waals surface area contributed by atoms with Gasteiger partial charge in [0.15, 0.2) is 0 Å². The zero-order valence-corrected chi connectivity index (χ0v) is 14.0. The van der Waals surface area contributed by atoms with Crippen molar-refractivity contribution in [1.29, 1.82) is 0 Å². The molecule has 0 aliphatic rings. The van der Waals surface area contributed by atoms with Crippen LogP contribution in [0.2, 0.25) is 0 Å². The normalized spacial score (nSPS) is 10.8. The number of hydrogen-bond donors (Lipinski definition) is 2. The van der Waals surface area contributed by atoms with Gasteiger partial charge in [0.2, 0.25) is 0 Å². The molecule has 2 heterocycles. The Labute approximate surface area is 146 Å². The SMILES string of the molecule is CCOc1ccc(-c2cc3c(Nc4ccccc4)ccnc3[nH]2)cc1. The summed E-state index contributed by atoms with van der Waals surface area (Å²) in [6.45, 7) is 2.66. The average molecular weight is 329 g/mol. The quantitative estimate of drug-likeness (QED) is 0.517. The van der Waals surface area contributed by atoms with Crippen LogP contribution in [0.1, 0.15) is 6.92 Å². The van der Waals surface area contributed by atoms with Gasteiger partial charge >= 0.3 is 0 Å². The number of aromatic amines is 1. The fourth-order valence-electron chi connectivity index (χ4n) is 2.87. The number of fused-ring (bicyclic) bond motifs is 1. The van der Waals surface area contributed by atoms with Crippen LogP contribution < -0.4 is 10.1 Å². The summed E-state index contributed by atoms with van der Waals surface area (Å²) >= 11 is 0. The number of anilines is 2. The Balaban J connectivity index is 1.69. The third kappa shape index (κ3) is 3.19. The first-order valence-electron chi connectivity index (χ1n) is 8.36. The fourth-order valence-corrected chi connectivity index (χ4v) is 2.87. The van der Waals surface area contributed by atoms with Gasteiger partial charge in [0, 0.05) is 23.0 Å². The molecule has 0 aliphatic carbocycles. The van der Waals surface area contributed by atoms with Crippen LogP contribution in [0.15, 0.2) is 72.9 Å². The van der Waals surface area contributed by atoms with Crippen LogP contribution in [0.4, 0.5) is 11.4 Å². The largest absolute Gasteiger partial charge is 0.494 e. The molecule has 4 nitrogen and oxygen atoms in total. The second-order valence-electron chi connectivity index (χ2n) is 5.75. The first-order chi connectivity index (χ1) is 12.3. The number of rotatable bonds is 5. The zero-order chi connectivity index (χ0) is 17.1. The summed E-state index contributed by atoms with van der Waals surface area (Å²) in [6, 6.07) is 22.3. The Morgan fingerprint density at radius 2 is 1.80 bits per heavy atom. The maximum atomic E-state index is 5.51. The summed E-state index contributed by atoms with van der Waals surface area (Å²) in [5.41, 5.74) is 5.09. The molecule has 4 aromatic rings. The van der Waals surface area contributed by atoms with E-state index in [0.717, 1.165) is 39.4 Å². The van der Waals surface area contributed by atoms with E-state index in [0.29, 0.717) is 6.61 Å². The van der Waals surface area contributed by atoms with E-state index in [9.17, 15) is 0 Å². The van der Waals surface area contributed by atoms with Gasteiger partial charge in [-0.1, -0.05) is 18.2 Å². The van der Waals surface area contributed by atoms with Gasteiger partial charge in [-0.25, -0.2) is 4.98 Å². The monoisotopic (exact) mass is 329 g/mol. The first-order valence-corrected chi connectivity index (χ1v) is 8.36. The molecule has 2 aromatic heterocycles. The van der Waals surface area contributed by atoms with Crippen LogP contribution in [0.25, 0.3) is 22.3 Å². The van der Waals surface area contributed by atoms with Gasteiger partial charge in [0.25, 0.3) is 0 Å². The Bertz CT molecular complexity index is 975. The molecule has 0 saturated carbocycles. The highest BCUT2D eigenvalue weighted by atomic mass is 16.5. The number of pyridine rings is 1. The minimum atomic E-state index is 0.671. The molecule has 0 fully saturated rings. The molecule has 0 spiro atoms. The molecule has 4 heteroatoms. The van der Waals surface area contributed by atoms with Gasteiger partial charge in [-0.05, 0) is 61.0 Å². The van der Waals surface area contributed by atoms with Crippen LogP contribution in [0.5, 0.6) is 5.75 Å². The predicted octanol–water partition coefficient (Wildman–Crippen LogP) is 5.37. The summed E-state index contributed by atoms with van der Waals surface area (Å²) < 4.78 is 5.51. The van der Waals surface area contributed by atoms with E-state index < -0.39 is 0 Å². The van der Waals surface area contributed by atoms with Gasteiger partial charge in [-0.3, -0.25) is 0 Å². The molecule has 0 aliphatic heterocycles. The number of nitrogens with zero attached hydrogens (tertiary/aromatic N) is 1. The van der Waals surface area contributed by atoms with E-state index in [2.05, 4.69) is 33.5 Å². The number of ether oxygens (including phenoxy) is 1. The maximum absolute atomic E-state index is 5.51. The lowest BCUT2D eigenvalue weighted by atomic mass is 10.1. The summed E-state index contributed by atoms with van der Waals surface area (Å²) in [4.78, 5) is 7.85. The number of H-pyrrole nitrogens is 1. The van der Waals surface area contributed by atoms with Gasteiger partial charge in [0.1, 0.15) is 11.4 Å². The van der Waals surface area contributed by atoms with Crippen LogP contribution >= 0.6 is 0 Å². The Hall–Kier alpha value is -3.27. The Kier molecular flexibility index (Phi) is 4.09. The summed E-state index contributed by atoms with van der Waals surface area (Å²) in [5.74, 6) is 0.881. The number of nitrogens with one attached hydrogen (secondary N) is 2. The molecule has 2 aromatic carbocycles. The fraction of sp³-hybridized carbons (Fsp3) is 0.0952. The van der Waals surface area contributed by atoms with Crippen LogP contribution in [-0.4, -0.2) is 16.6 Å². The van der Waals surface area contributed by atoms with Crippen molar-refractivity contribution in [2.75, 3.05) is 11.9 Å². The van der Waals surface area contributed by atoms with E-state index in [-0.39, 0.29) is 0 Å². The van der Waals surface area contributed by atoms with Crippen molar-refractivity contribution in [1.82, 2.24) is 9.97 Å². The third-order valence-electron chi connectivity index (χ3n) is 4.06. The molecule has 124 valence electrons. The van der Waals surface area contributed by atoms with Crippen molar-refractivity contribution in [2.24, 2.45) is 0 Å². The second-order valence-corrected chi connectivity index (χ2v) is 5.75. The molecule has 25 heavy (non-hydrogen) atoms. The highest BCUT2D eigenvalue weighted by molar-refractivity contribution is 5.94. The first kappa shape index (κ1) is 15.3. The third-order valence-corrected chi connectivity index (χ3v) is 4.06. The topological polar surface area (TPSA) is 49.9 Å². The maximum Gasteiger partial charge on any atom is 0.139 e. The minimum Gasteiger partial charge on any atom is -0.494 e. The molecule has 2 N–H and O–H groups in total. The number of para-hydroxylation sites is 1. The average Bonchev–Trinajstić information content (AvgIpc) is 3.09. The molecule has 0 unspecified atom stereocenters. The standard InChI is InChI=1S/C21H19N3O/c1-2-25-17-10-8-15(9-11-17)20-14-18-19(12-13-22-21(18)24-20)23-16-6-4-3-5-7-16/h3-14H,2H2,1H3,(H2,22,23,24). The van der Waals surface area contributed by atoms with E-state index in [1.807, 2.05) is 61.7 Å². The molecule has 0 atom stereocenters. The Morgan fingerprint density at radius 3 is 2.56 bits per heavy atom. The van der Waals surface area contributed by atoms with Gasteiger partial charge in [-0.15, -0.1) is 0 Å². The van der Waals surface area contributed by atoms with E-state index in [4.69, 9.17) is 4.74 Å². The Morgan fingerprint density at radius 1 is 1.00 bits per heavy atom. The van der Waals surface area contributed by atoms with Crippen LogP contribution in [-0.2, 0) is 0 Å². The van der Waals surface area contributed by atoms with Crippen molar-refractivity contribution >= 4 is 22.4 Å². The van der Waals surface area contributed by atoms with Gasteiger partial charge in [-0.2, -0.15) is 0 Å². The van der Waals surface area contributed by atoms with Crippen LogP contribution in [0.3, 0.4) is 0 Å². The summed E-state index contributed by atoms with van der Waals surface area (Å²) in [7, 11) is 0. The number of hydrogen-bond acceptors (Lipinski definition) is 3. The molecule has 0 radical (unpaired) electrons. The van der Waals surface area contributed by atoms with E-state index in [1.54, 1.807) is 0 Å². The van der Waals surface area contributed by atoms with Crippen LogP contribution in [0, 0.1) is 0 Å². The lowest BCUT2D eigenvalue weighted by Crippen LogP contribution is -1.90. The van der Waals surface area contributed by atoms with E-state index >= 15 is 0 Å². The number of aromatic nitrogens is 2. The zero-order valence-electron chi connectivity index (χ0n) is 14.0.